The third-order valence-corrected chi connectivity index (χ3v) is 13.5. The van der Waals surface area contributed by atoms with Gasteiger partial charge in [0.15, 0.2) is 0 Å². The highest BCUT2D eigenvalue weighted by molar-refractivity contribution is 6.85. The van der Waals surface area contributed by atoms with Gasteiger partial charge in [0.25, 0.3) is 0 Å². The van der Waals surface area contributed by atoms with Gasteiger partial charge in [0.1, 0.15) is 0 Å². The Morgan fingerprint density at radius 3 is 1.56 bits per heavy atom. The summed E-state index contributed by atoms with van der Waals surface area (Å²) in [5.74, 6) is 0. The second-order valence-electron chi connectivity index (χ2n) is 7.70. The van der Waals surface area contributed by atoms with Crippen molar-refractivity contribution in [2.24, 2.45) is 0 Å². The molecule has 0 spiro atoms. The molecule has 0 N–H and O–H groups in total. The van der Waals surface area contributed by atoms with E-state index in [-0.39, 0.29) is 0 Å². The molecule has 128 valence electrons. The number of hydrogen-bond acceptors (Lipinski definition) is 0. The molecule has 0 amide bonds. The molecule has 0 aromatic heterocycles. The van der Waals surface area contributed by atoms with Crippen molar-refractivity contribution in [2.75, 3.05) is 0 Å². The zero-order chi connectivity index (χ0) is 17.8. The summed E-state index contributed by atoms with van der Waals surface area (Å²) in [5.41, 5.74) is 6.43. The molecule has 2 aliphatic rings. The fourth-order valence-electron chi connectivity index (χ4n) is 4.67. The molecule has 3 heteroatoms. The van der Waals surface area contributed by atoms with Gasteiger partial charge in [-0.25, -0.2) is 0 Å². The van der Waals surface area contributed by atoms with E-state index in [0.29, 0.717) is 16.6 Å². The first-order valence-electron chi connectivity index (χ1n) is 8.86. The van der Waals surface area contributed by atoms with Crippen LogP contribution in [0.4, 0.5) is 0 Å². The highest BCUT2D eigenvalue weighted by atomic mass is 35.5. The Kier molecular flexibility index (Phi) is 4.22. The van der Waals surface area contributed by atoms with E-state index in [1.165, 1.54) is 22.3 Å². The first-order valence-corrected chi connectivity index (χ1v) is 12.4. The van der Waals surface area contributed by atoms with Crippen LogP contribution in [0.1, 0.15) is 47.2 Å². The van der Waals surface area contributed by atoms with E-state index < -0.39 is 8.07 Å². The van der Waals surface area contributed by atoms with Crippen molar-refractivity contribution in [2.45, 2.75) is 37.0 Å². The summed E-state index contributed by atoms with van der Waals surface area (Å²) in [6.45, 7) is 7.19. The van der Waals surface area contributed by atoms with Crippen molar-refractivity contribution in [3.63, 3.8) is 0 Å². The third kappa shape index (κ3) is 2.48. The van der Waals surface area contributed by atoms with Gasteiger partial charge in [-0.15, -0.1) is 0 Å². The van der Waals surface area contributed by atoms with E-state index in [1.54, 1.807) is 0 Å². The van der Waals surface area contributed by atoms with Crippen molar-refractivity contribution in [1.82, 2.24) is 0 Å². The number of fused-ring (bicyclic) bond motifs is 2. The van der Waals surface area contributed by atoms with Gasteiger partial charge >= 0.3 is 0 Å². The summed E-state index contributed by atoms with van der Waals surface area (Å²) in [4.78, 5) is 0. The predicted molar refractivity (Wildman–Crippen MR) is 113 cm³/mol. The average Bonchev–Trinajstić information content (AvgIpc) is 3.09. The molecule has 2 atom stereocenters. The lowest BCUT2D eigenvalue weighted by Gasteiger charge is -2.44. The molecule has 4 rings (SSSR count). The Hall–Kier alpha value is -1.28. The van der Waals surface area contributed by atoms with Crippen LogP contribution >= 0.6 is 23.2 Å². The smallest absolute Gasteiger partial charge is 0.0808 e. The minimum Gasteiger partial charge on any atom is -0.0888 e. The minimum atomic E-state index is -1.99. The van der Waals surface area contributed by atoms with Crippen LogP contribution in [0.3, 0.4) is 0 Å². The molecular formula is C22H22Cl2Si. The predicted octanol–water partition coefficient (Wildman–Crippen LogP) is 7.31. The SMILES string of the molecule is CC(C)[Si](C)(C1C(Cl)=Cc2ccccc21)C1C(Cl)=Cc2ccccc21. The third-order valence-electron chi connectivity index (χ3n) is 6.24. The lowest BCUT2D eigenvalue weighted by Crippen LogP contribution is -2.47. The monoisotopic (exact) mass is 384 g/mol. The first kappa shape index (κ1) is 17.1. The second-order valence-corrected chi connectivity index (χ2v) is 13.6. The number of allylic oxidation sites excluding steroid dienone is 2. The molecule has 2 aromatic rings. The average molecular weight is 385 g/mol. The van der Waals surface area contributed by atoms with Crippen LogP contribution in [0.25, 0.3) is 12.2 Å². The fourth-order valence-corrected chi connectivity index (χ4v) is 11.4. The van der Waals surface area contributed by atoms with Crippen LogP contribution < -0.4 is 0 Å². The van der Waals surface area contributed by atoms with Crippen molar-refractivity contribution in [1.29, 1.82) is 0 Å². The van der Waals surface area contributed by atoms with E-state index in [9.17, 15) is 0 Å². The summed E-state index contributed by atoms with van der Waals surface area (Å²) < 4.78 is 0. The maximum atomic E-state index is 6.86. The normalized spacial score (nSPS) is 23.8. The quantitative estimate of drug-likeness (QED) is 0.486. The van der Waals surface area contributed by atoms with E-state index >= 15 is 0 Å². The van der Waals surface area contributed by atoms with Crippen LogP contribution in [0.2, 0.25) is 12.1 Å². The van der Waals surface area contributed by atoms with Crippen molar-refractivity contribution >= 4 is 43.4 Å². The van der Waals surface area contributed by atoms with E-state index in [0.717, 1.165) is 10.1 Å². The Morgan fingerprint density at radius 1 is 0.760 bits per heavy atom. The number of halogens is 2. The van der Waals surface area contributed by atoms with Gasteiger partial charge in [-0.05, 0) is 39.9 Å². The summed E-state index contributed by atoms with van der Waals surface area (Å²) in [5, 5.41) is 1.97. The molecule has 0 aliphatic heterocycles. The largest absolute Gasteiger partial charge is 0.0888 e. The Labute approximate surface area is 161 Å². The van der Waals surface area contributed by atoms with E-state index in [2.05, 4.69) is 81.1 Å². The van der Waals surface area contributed by atoms with Crippen LogP contribution in [-0.2, 0) is 0 Å². The van der Waals surface area contributed by atoms with Crippen molar-refractivity contribution < 1.29 is 0 Å². The molecule has 2 unspecified atom stereocenters. The van der Waals surface area contributed by atoms with Gasteiger partial charge in [0.05, 0.1) is 8.07 Å². The van der Waals surface area contributed by atoms with Crippen LogP contribution in [-0.4, -0.2) is 8.07 Å². The number of benzene rings is 2. The molecule has 2 aromatic carbocycles. The first-order chi connectivity index (χ1) is 11.9. The molecule has 0 saturated heterocycles. The molecule has 0 fully saturated rings. The molecule has 2 aliphatic carbocycles. The fraction of sp³-hybridized carbons (Fsp3) is 0.273. The summed E-state index contributed by atoms with van der Waals surface area (Å²) >= 11 is 13.7. The van der Waals surface area contributed by atoms with Gasteiger partial charge in [-0.2, -0.15) is 0 Å². The second kappa shape index (κ2) is 6.16. The van der Waals surface area contributed by atoms with Crippen molar-refractivity contribution in [3.8, 4) is 0 Å². The highest BCUT2D eigenvalue weighted by Crippen LogP contribution is 2.57. The molecular weight excluding hydrogens is 363 g/mol. The van der Waals surface area contributed by atoms with E-state index in [4.69, 9.17) is 23.2 Å². The molecule has 0 heterocycles. The van der Waals surface area contributed by atoms with Crippen LogP contribution in [0.5, 0.6) is 0 Å². The lowest BCUT2D eigenvalue weighted by atomic mass is 10.1. The zero-order valence-electron chi connectivity index (χ0n) is 14.8. The molecule has 0 bridgehead atoms. The number of hydrogen-bond donors (Lipinski definition) is 0. The summed E-state index contributed by atoms with van der Waals surface area (Å²) in [6, 6.07) is 17.3. The highest BCUT2D eigenvalue weighted by Gasteiger charge is 2.52. The topological polar surface area (TPSA) is 0 Å². The molecule has 0 saturated carbocycles. The van der Waals surface area contributed by atoms with Crippen LogP contribution in [0, 0.1) is 0 Å². The summed E-state index contributed by atoms with van der Waals surface area (Å²) in [7, 11) is -1.99. The van der Waals surface area contributed by atoms with Crippen molar-refractivity contribution in [3.05, 3.63) is 80.8 Å². The minimum absolute atomic E-state index is 0.295. The number of rotatable bonds is 3. The molecule has 0 radical (unpaired) electrons. The maximum Gasteiger partial charge on any atom is 0.0808 e. The Balaban J connectivity index is 1.91. The Morgan fingerprint density at radius 2 is 1.16 bits per heavy atom. The van der Waals surface area contributed by atoms with E-state index in [1.807, 2.05) is 0 Å². The summed E-state index contributed by atoms with van der Waals surface area (Å²) in [6.07, 6.45) is 4.32. The Bertz CT molecular complexity index is 827. The van der Waals surface area contributed by atoms with Gasteiger partial charge in [-0.3, -0.25) is 0 Å². The zero-order valence-corrected chi connectivity index (χ0v) is 17.3. The van der Waals surface area contributed by atoms with Crippen LogP contribution in [0.15, 0.2) is 58.6 Å². The molecule has 0 nitrogen and oxygen atoms in total. The van der Waals surface area contributed by atoms with Gasteiger partial charge in [-0.1, -0.05) is 92.1 Å². The molecule has 25 heavy (non-hydrogen) atoms. The van der Waals surface area contributed by atoms with Gasteiger partial charge in [0, 0.05) is 21.1 Å². The lowest BCUT2D eigenvalue weighted by molar-refractivity contribution is 0.888. The van der Waals surface area contributed by atoms with Gasteiger partial charge < -0.3 is 0 Å². The maximum absolute atomic E-state index is 6.86. The van der Waals surface area contributed by atoms with Gasteiger partial charge in [0.2, 0.25) is 0 Å². The standard InChI is InChI=1S/C22H22Cl2Si/c1-14(2)25(3,21-17-10-6-4-8-15(17)12-19(21)23)22-18-11-7-5-9-16(18)13-20(22)24/h4-14,21-22H,1-3H3.